The number of para-hydroxylation sites is 4. The third kappa shape index (κ3) is 3.43. The summed E-state index contributed by atoms with van der Waals surface area (Å²) in [6.07, 6.45) is 1.43. The van der Waals surface area contributed by atoms with Gasteiger partial charge in [-0.05, 0) is 36.4 Å². The standard InChI is InChI=1S/C22H16N2O3/c25-21-16-10-4-5-11-18(16)23-14-17(21)22(26)24-19-12-6-7-13-20(19)27-15-8-2-1-3-9-15/h1-14H,(H,23,25)(H,24,26). The lowest BCUT2D eigenvalue weighted by molar-refractivity contribution is 0.102. The molecule has 0 fully saturated rings. The molecule has 27 heavy (non-hydrogen) atoms. The van der Waals surface area contributed by atoms with E-state index in [1.807, 2.05) is 42.5 Å². The second-order valence-corrected chi connectivity index (χ2v) is 5.94. The van der Waals surface area contributed by atoms with Gasteiger partial charge in [-0.1, -0.05) is 42.5 Å². The number of hydrogen-bond acceptors (Lipinski definition) is 3. The Hall–Kier alpha value is -3.86. The summed E-state index contributed by atoms with van der Waals surface area (Å²) in [6, 6.07) is 23.5. The summed E-state index contributed by atoms with van der Waals surface area (Å²) in [4.78, 5) is 28.3. The van der Waals surface area contributed by atoms with Gasteiger partial charge in [0.1, 0.15) is 11.3 Å². The summed E-state index contributed by atoms with van der Waals surface area (Å²) >= 11 is 0. The molecule has 0 unspecified atom stereocenters. The van der Waals surface area contributed by atoms with Gasteiger partial charge >= 0.3 is 0 Å². The quantitative estimate of drug-likeness (QED) is 0.562. The van der Waals surface area contributed by atoms with Gasteiger partial charge in [0, 0.05) is 17.1 Å². The Balaban J connectivity index is 1.64. The minimum absolute atomic E-state index is 0.0446. The number of pyridine rings is 1. The van der Waals surface area contributed by atoms with Crippen molar-refractivity contribution >= 4 is 22.5 Å². The highest BCUT2D eigenvalue weighted by Crippen LogP contribution is 2.29. The second-order valence-electron chi connectivity index (χ2n) is 5.94. The Bertz CT molecular complexity index is 1170. The molecular weight excluding hydrogens is 340 g/mol. The molecule has 5 heteroatoms. The van der Waals surface area contributed by atoms with E-state index in [4.69, 9.17) is 4.74 Å². The summed E-state index contributed by atoms with van der Waals surface area (Å²) in [6.45, 7) is 0. The van der Waals surface area contributed by atoms with Crippen molar-refractivity contribution in [1.29, 1.82) is 0 Å². The zero-order valence-electron chi connectivity index (χ0n) is 14.3. The van der Waals surface area contributed by atoms with Crippen LogP contribution in [0.15, 0.2) is 89.9 Å². The van der Waals surface area contributed by atoms with Crippen LogP contribution < -0.4 is 15.5 Å². The Kier molecular flexibility index (Phi) is 4.41. The molecule has 0 aliphatic carbocycles. The van der Waals surface area contributed by atoms with E-state index in [-0.39, 0.29) is 11.0 Å². The van der Waals surface area contributed by atoms with E-state index in [1.165, 1.54) is 6.20 Å². The number of ether oxygens (including phenoxy) is 1. The van der Waals surface area contributed by atoms with Crippen LogP contribution in [0.5, 0.6) is 11.5 Å². The SMILES string of the molecule is O=C(Nc1ccccc1Oc1ccccc1)c1c[nH]c2ccccc2c1=O. The molecule has 0 aliphatic heterocycles. The topological polar surface area (TPSA) is 71.2 Å². The minimum atomic E-state index is -0.494. The molecule has 1 heterocycles. The van der Waals surface area contributed by atoms with Crippen molar-refractivity contribution in [3.8, 4) is 11.5 Å². The first-order chi connectivity index (χ1) is 13.2. The van der Waals surface area contributed by atoms with E-state index >= 15 is 0 Å². The number of benzene rings is 3. The molecule has 0 bridgehead atoms. The summed E-state index contributed by atoms with van der Waals surface area (Å²) in [7, 11) is 0. The van der Waals surface area contributed by atoms with E-state index < -0.39 is 5.91 Å². The summed E-state index contributed by atoms with van der Waals surface area (Å²) in [5.74, 6) is 0.656. The fraction of sp³-hybridized carbons (Fsp3) is 0. The van der Waals surface area contributed by atoms with Crippen molar-refractivity contribution in [1.82, 2.24) is 4.98 Å². The van der Waals surface area contributed by atoms with Crippen LogP contribution in [-0.2, 0) is 0 Å². The Morgan fingerprint density at radius 2 is 1.56 bits per heavy atom. The first-order valence-corrected chi connectivity index (χ1v) is 8.46. The van der Waals surface area contributed by atoms with E-state index in [0.29, 0.717) is 28.1 Å². The molecule has 0 saturated heterocycles. The van der Waals surface area contributed by atoms with Gasteiger partial charge in [-0.15, -0.1) is 0 Å². The average Bonchev–Trinajstić information content (AvgIpc) is 2.71. The third-order valence-corrected chi connectivity index (χ3v) is 4.14. The van der Waals surface area contributed by atoms with Crippen LogP contribution in [0.1, 0.15) is 10.4 Å². The van der Waals surface area contributed by atoms with Crippen LogP contribution in [0.3, 0.4) is 0 Å². The lowest BCUT2D eigenvalue weighted by Crippen LogP contribution is -2.22. The lowest BCUT2D eigenvalue weighted by atomic mass is 10.1. The number of hydrogen-bond donors (Lipinski definition) is 2. The van der Waals surface area contributed by atoms with Gasteiger partial charge in [0.05, 0.1) is 5.69 Å². The molecule has 1 aromatic heterocycles. The zero-order valence-corrected chi connectivity index (χ0v) is 14.3. The fourth-order valence-corrected chi connectivity index (χ4v) is 2.80. The normalized spacial score (nSPS) is 10.5. The van der Waals surface area contributed by atoms with Crippen molar-refractivity contribution in [3.05, 3.63) is 101 Å². The highest BCUT2D eigenvalue weighted by molar-refractivity contribution is 6.06. The molecule has 3 aromatic carbocycles. The molecule has 1 amide bonds. The number of carbonyl (C=O) groups excluding carboxylic acids is 1. The largest absolute Gasteiger partial charge is 0.455 e. The van der Waals surface area contributed by atoms with Gasteiger partial charge in [-0.3, -0.25) is 9.59 Å². The van der Waals surface area contributed by atoms with Crippen LogP contribution in [-0.4, -0.2) is 10.9 Å². The first-order valence-electron chi connectivity index (χ1n) is 8.46. The number of aromatic amines is 1. The van der Waals surface area contributed by atoms with E-state index in [0.717, 1.165) is 0 Å². The molecule has 0 atom stereocenters. The van der Waals surface area contributed by atoms with Crippen molar-refractivity contribution in [2.75, 3.05) is 5.32 Å². The number of amides is 1. The molecule has 0 radical (unpaired) electrons. The molecule has 132 valence electrons. The minimum Gasteiger partial charge on any atom is -0.455 e. The van der Waals surface area contributed by atoms with Crippen LogP contribution in [0, 0.1) is 0 Å². The monoisotopic (exact) mass is 356 g/mol. The summed E-state index contributed by atoms with van der Waals surface area (Å²) < 4.78 is 5.85. The van der Waals surface area contributed by atoms with Crippen molar-refractivity contribution in [2.24, 2.45) is 0 Å². The van der Waals surface area contributed by atoms with Gasteiger partial charge in [0.25, 0.3) is 5.91 Å². The highest BCUT2D eigenvalue weighted by atomic mass is 16.5. The van der Waals surface area contributed by atoms with Crippen LogP contribution in [0.2, 0.25) is 0 Å². The van der Waals surface area contributed by atoms with E-state index in [2.05, 4.69) is 10.3 Å². The van der Waals surface area contributed by atoms with Crippen LogP contribution >= 0.6 is 0 Å². The zero-order chi connectivity index (χ0) is 18.6. The average molecular weight is 356 g/mol. The number of fused-ring (bicyclic) bond motifs is 1. The predicted molar refractivity (Wildman–Crippen MR) is 105 cm³/mol. The number of H-pyrrole nitrogens is 1. The number of carbonyl (C=O) groups is 1. The number of rotatable bonds is 4. The van der Waals surface area contributed by atoms with Crippen molar-refractivity contribution < 1.29 is 9.53 Å². The van der Waals surface area contributed by atoms with Crippen molar-refractivity contribution in [2.45, 2.75) is 0 Å². The lowest BCUT2D eigenvalue weighted by Gasteiger charge is -2.12. The molecule has 0 aliphatic rings. The maximum atomic E-state index is 12.7. The Labute approximate surface area is 155 Å². The maximum absolute atomic E-state index is 12.7. The molecule has 2 N–H and O–H groups in total. The van der Waals surface area contributed by atoms with Crippen molar-refractivity contribution in [3.63, 3.8) is 0 Å². The van der Waals surface area contributed by atoms with Gasteiger partial charge < -0.3 is 15.0 Å². The molecule has 4 rings (SSSR count). The number of nitrogens with one attached hydrogen (secondary N) is 2. The molecule has 0 saturated carbocycles. The summed E-state index contributed by atoms with van der Waals surface area (Å²) in [5.41, 5.74) is 0.900. The molecule has 5 nitrogen and oxygen atoms in total. The van der Waals surface area contributed by atoms with Crippen LogP contribution in [0.25, 0.3) is 10.9 Å². The second kappa shape index (κ2) is 7.17. The molecular formula is C22H16N2O3. The van der Waals surface area contributed by atoms with Crippen LogP contribution in [0.4, 0.5) is 5.69 Å². The third-order valence-electron chi connectivity index (χ3n) is 4.14. The van der Waals surface area contributed by atoms with E-state index in [1.54, 1.807) is 36.4 Å². The first kappa shape index (κ1) is 16.6. The van der Waals surface area contributed by atoms with E-state index in [9.17, 15) is 9.59 Å². The maximum Gasteiger partial charge on any atom is 0.261 e. The number of anilines is 1. The Morgan fingerprint density at radius 3 is 2.41 bits per heavy atom. The molecule has 4 aromatic rings. The van der Waals surface area contributed by atoms with Gasteiger partial charge in [0.15, 0.2) is 5.75 Å². The van der Waals surface area contributed by atoms with Gasteiger partial charge in [-0.25, -0.2) is 0 Å². The fourth-order valence-electron chi connectivity index (χ4n) is 2.80. The van der Waals surface area contributed by atoms with Gasteiger partial charge in [-0.2, -0.15) is 0 Å². The predicted octanol–water partition coefficient (Wildman–Crippen LogP) is 4.57. The summed E-state index contributed by atoms with van der Waals surface area (Å²) in [5, 5.41) is 3.24. The van der Waals surface area contributed by atoms with Gasteiger partial charge in [0.2, 0.25) is 5.43 Å². The number of aromatic nitrogens is 1. The smallest absolute Gasteiger partial charge is 0.261 e. The highest BCUT2D eigenvalue weighted by Gasteiger charge is 2.15. The Morgan fingerprint density at radius 1 is 0.852 bits per heavy atom. The molecule has 0 spiro atoms.